The summed E-state index contributed by atoms with van der Waals surface area (Å²) >= 11 is 0. The number of ether oxygens (including phenoxy) is 1. The lowest BCUT2D eigenvalue weighted by Gasteiger charge is -2.06. The third-order valence-corrected chi connectivity index (χ3v) is 3.32. The van der Waals surface area contributed by atoms with Crippen molar-refractivity contribution in [1.29, 1.82) is 0 Å². The van der Waals surface area contributed by atoms with Crippen molar-refractivity contribution in [3.8, 4) is 5.75 Å². The maximum absolute atomic E-state index is 12.3. The molecule has 4 heteroatoms. The van der Waals surface area contributed by atoms with Crippen molar-refractivity contribution in [1.82, 2.24) is 9.78 Å². The van der Waals surface area contributed by atoms with Gasteiger partial charge in [0.25, 0.3) is 0 Å². The average molecular weight is 272 g/mol. The summed E-state index contributed by atoms with van der Waals surface area (Å²) in [6, 6.07) is 9.29. The summed E-state index contributed by atoms with van der Waals surface area (Å²) in [7, 11) is 1.60. The fourth-order valence-corrected chi connectivity index (χ4v) is 2.13. The maximum atomic E-state index is 12.3. The minimum Gasteiger partial charge on any atom is -0.497 e. The van der Waals surface area contributed by atoms with E-state index in [0.29, 0.717) is 11.3 Å². The van der Waals surface area contributed by atoms with Gasteiger partial charge in [-0.15, -0.1) is 0 Å². The molecule has 0 bridgehead atoms. The van der Waals surface area contributed by atoms with Crippen molar-refractivity contribution < 1.29 is 9.53 Å². The van der Waals surface area contributed by atoms with Crippen LogP contribution in [0.5, 0.6) is 5.75 Å². The Hall–Kier alpha value is -2.10. The van der Waals surface area contributed by atoms with Crippen LogP contribution in [-0.4, -0.2) is 22.7 Å². The van der Waals surface area contributed by atoms with Crippen LogP contribution in [0.1, 0.15) is 35.6 Å². The van der Waals surface area contributed by atoms with E-state index >= 15 is 0 Å². The highest BCUT2D eigenvalue weighted by Crippen LogP contribution is 2.14. The van der Waals surface area contributed by atoms with Gasteiger partial charge in [-0.05, 0) is 31.0 Å². The van der Waals surface area contributed by atoms with Gasteiger partial charge < -0.3 is 4.74 Å². The van der Waals surface area contributed by atoms with Gasteiger partial charge in [-0.2, -0.15) is 5.10 Å². The third-order valence-electron chi connectivity index (χ3n) is 3.32. The molecule has 2 rings (SSSR count). The molecule has 0 fully saturated rings. The molecular formula is C16H20N2O2. The van der Waals surface area contributed by atoms with Crippen LogP contribution in [-0.2, 0) is 19.4 Å². The first-order chi connectivity index (χ1) is 9.67. The molecule has 1 heterocycles. The standard InChI is InChI=1S/C16H20N2O2/c1-4-13-10-14(5-2)18(17-13)11-16(19)12-7-6-8-15(9-12)20-3/h6-10H,4-5,11H2,1-3H3. The summed E-state index contributed by atoms with van der Waals surface area (Å²) in [5.74, 6) is 0.741. The molecule has 106 valence electrons. The predicted molar refractivity (Wildman–Crippen MR) is 78.3 cm³/mol. The lowest BCUT2D eigenvalue weighted by atomic mass is 10.1. The molecule has 0 atom stereocenters. The molecule has 0 N–H and O–H groups in total. The number of carbonyl (C=O) groups excluding carboxylic acids is 1. The van der Waals surface area contributed by atoms with E-state index in [4.69, 9.17) is 4.74 Å². The maximum Gasteiger partial charge on any atom is 0.184 e. The number of Topliss-reactive ketones (excluding diaryl/α,β-unsaturated/α-hetero) is 1. The summed E-state index contributed by atoms with van der Waals surface area (Å²) in [4.78, 5) is 12.3. The molecule has 0 saturated carbocycles. The van der Waals surface area contributed by atoms with Gasteiger partial charge in [0.1, 0.15) is 12.3 Å². The van der Waals surface area contributed by atoms with Gasteiger partial charge >= 0.3 is 0 Å². The van der Waals surface area contributed by atoms with E-state index < -0.39 is 0 Å². The van der Waals surface area contributed by atoms with Crippen molar-refractivity contribution in [3.05, 3.63) is 47.3 Å². The number of carbonyl (C=O) groups is 1. The number of hydrogen-bond acceptors (Lipinski definition) is 3. The number of aryl methyl sites for hydroxylation is 2. The molecule has 0 aliphatic carbocycles. The molecule has 0 amide bonds. The number of rotatable bonds is 6. The van der Waals surface area contributed by atoms with Gasteiger partial charge in [0.2, 0.25) is 0 Å². The fraction of sp³-hybridized carbons (Fsp3) is 0.375. The van der Waals surface area contributed by atoms with E-state index in [1.165, 1.54) is 0 Å². The Kier molecular flexibility index (Phi) is 4.56. The first-order valence-corrected chi connectivity index (χ1v) is 6.90. The second-order valence-electron chi connectivity index (χ2n) is 4.65. The number of hydrogen-bond donors (Lipinski definition) is 0. The molecule has 1 aromatic heterocycles. The molecule has 0 radical (unpaired) electrons. The molecule has 0 aliphatic rings. The van der Waals surface area contributed by atoms with Gasteiger partial charge in [-0.25, -0.2) is 0 Å². The first kappa shape index (κ1) is 14.3. The number of benzene rings is 1. The predicted octanol–water partition coefficient (Wildman–Crippen LogP) is 2.90. The Morgan fingerprint density at radius 1 is 1.25 bits per heavy atom. The molecular weight excluding hydrogens is 252 g/mol. The van der Waals surface area contributed by atoms with E-state index in [1.54, 1.807) is 23.9 Å². The second kappa shape index (κ2) is 6.37. The van der Waals surface area contributed by atoms with Crippen molar-refractivity contribution in [2.24, 2.45) is 0 Å². The molecule has 4 nitrogen and oxygen atoms in total. The monoisotopic (exact) mass is 272 g/mol. The van der Waals surface area contributed by atoms with Gasteiger partial charge in [0.15, 0.2) is 5.78 Å². The van der Waals surface area contributed by atoms with Gasteiger partial charge in [-0.3, -0.25) is 9.48 Å². The van der Waals surface area contributed by atoms with Crippen LogP contribution >= 0.6 is 0 Å². The minimum atomic E-state index is 0.0457. The third kappa shape index (κ3) is 3.07. The summed E-state index contributed by atoms with van der Waals surface area (Å²) in [5.41, 5.74) is 2.78. The van der Waals surface area contributed by atoms with Crippen LogP contribution in [0.4, 0.5) is 0 Å². The smallest absolute Gasteiger partial charge is 0.184 e. The zero-order chi connectivity index (χ0) is 14.5. The van der Waals surface area contributed by atoms with Crippen molar-refractivity contribution >= 4 is 5.78 Å². The van der Waals surface area contributed by atoms with E-state index in [9.17, 15) is 4.79 Å². The molecule has 1 aromatic carbocycles. The zero-order valence-electron chi connectivity index (χ0n) is 12.2. The largest absolute Gasteiger partial charge is 0.497 e. The van der Waals surface area contributed by atoms with E-state index in [2.05, 4.69) is 25.0 Å². The van der Waals surface area contributed by atoms with Gasteiger partial charge in [0, 0.05) is 11.3 Å². The van der Waals surface area contributed by atoms with E-state index in [-0.39, 0.29) is 12.3 Å². The highest BCUT2D eigenvalue weighted by molar-refractivity contribution is 5.96. The Balaban J connectivity index is 2.20. The number of methoxy groups -OCH3 is 1. The quantitative estimate of drug-likeness (QED) is 0.759. The normalized spacial score (nSPS) is 10.6. The summed E-state index contributed by atoms with van der Waals surface area (Å²) in [6.07, 6.45) is 1.76. The summed E-state index contributed by atoms with van der Waals surface area (Å²) in [6.45, 7) is 4.41. The van der Waals surface area contributed by atoms with Gasteiger partial charge in [0.05, 0.1) is 12.8 Å². The van der Waals surface area contributed by atoms with E-state index in [1.807, 2.05) is 12.1 Å². The Morgan fingerprint density at radius 3 is 2.70 bits per heavy atom. The van der Waals surface area contributed by atoms with Crippen LogP contribution in [0.25, 0.3) is 0 Å². The number of aromatic nitrogens is 2. The van der Waals surface area contributed by atoms with E-state index in [0.717, 1.165) is 24.2 Å². The lowest BCUT2D eigenvalue weighted by molar-refractivity contribution is 0.0966. The highest BCUT2D eigenvalue weighted by Gasteiger charge is 2.12. The summed E-state index contributed by atoms with van der Waals surface area (Å²) in [5, 5.41) is 4.47. The zero-order valence-corrected chi connectivity index (χ0v) is 12.2. The second-order valence-corrected chi connectivity index (χ2v) is 4.65. The number of nitrogens with zero attached hydrogens (tertiary/aromatic N) is 2. The van der Waals surface area contributed by atoms with Crippen molar-refractivity contribution in [3.63, 3.8) is 0 Å². The molecule has 0 saturated heterocycles. The first-order valence-electron chi connectivity index (χ1n) is 6.90. The van der Waals surface area contributed by atoms with Crippen LogP contribution in [0.2, 0.25) is 0 Å². The molecule has 0 unspecified atom stereocenters. The molecule has 20 heavy (non-hydrogen) atoms. The minimum absolute atomic E-state index is 0.0457. The van der Waals surface area contributed by atoms with Crippen LogP contribution in [0.3, 0.4) is 0 Å². The summed E-state index contributed by atoms with van der Waals surface area (Å²) < 4.78 is 6.95. The molecule has 0 aliphatic heterocycles. The van der Waals surface area contributed by atoms with Crippen molar-refractivity contribution in [2.75, 3.05) is 7.11 Å². The fourth-order valence-electron chi connectivity index (χ4n) is 2.13. The Bertz CT molecular complexity index is 602. The van der Waals surface area contributed by atoms with Crippen molar-refractivity contribution in [2.45, 2.75) is 33.2 Å². The number of ketones is 1. The van der Waals surface area contributed by atoms with Gasteiger partial charge in [-0.1, -0.05) is 26.0 Å². The van der Waals surface area contributed by atoms with Crippen LogP contribution in [0.15, 0.2) is 30.3 Å². The van der Waals surface area contributed by atoms with Crippen LogP contribution in [0, 0.1) is 0 Å². The SMILES string of the molecule is CCc1cc(CC)n(CC(=O)c2cccc(OC)c2)n1. The lowest BCUT2D eigenvalue weighted by Crippen LogP contribution is -2.14. The Labute approximate surface area is 119 Å². The molecule has 2 aromatic rings. The molecule has 0 spiro atoms. The van der Waals surface area contributed by atoms with Crippen LogP contribution < -0.4 is 4.74 Å². The Morgan fingerprint density at radius 2 is 2.05 bits per heavy atom. The highest BCUT2D eigenvalue weighted by atomic mass is 16.5. The average Bonchev–Trinajstić information content (AvgIpc) is 2.89. The topological polar surface area (TPSA) is 44.1 Å².